The number of carbonyl (C=O) groups is 1. The van der Waals surface area contributed by atoms with Crippen molar-refractivity contribution < 1.29 is 28.0 Å². The van der Waals surface area contributed by atoms with Crippen molar-refractivity contribution in [2.75, 3.05) is 12.3 Å². The molecule has 0 aromatic rings. The van der Waals surface area contributed by atoms with E-state index in [4.69, 9.17) is 4.55 Å². The molecule has 0 aromatic heterocycles. The van der Waals surface area contributed by atoms with Crippen molar-refractivity contribution in [1.82, 2.24) is 5.32 Å². The van der Waals surface area contributed by atoms with Crippen LogP contribution in [0.5, 0.6) is 0 Å². The van der Waals surface area contributed by atoms with Crippen molar-refractivity contribution >= 4 is 16.0 Å². The summed E-state index contributed by atoms with van der Waals surface area (Å²) in [6.45, 7) is 7.05. The van der Waals surface area contributed by atoms with Crippen LogP contribution in [0.4, 0.5) is 0 Å². The van der Waals surface area contributed by atoms with E-state index in [9.17, 15) is 23.4 Å². The topological polar surface area (TPSA) is 124 Å². The van der Waals surface area contributed by atoms with Crippen LogP contribution in [0, 0.1) is 46.3 Å². The molecular weight excluding hydrogens is 454 g/mol. The molecule has 0 saturated heterocycles. The van der Waals surface area contributed by atoms with E-state index in [0.29, 0.717) is 41.9 Å². The summed E-state index contributed by atoms with van der Waals surface area (Å²) in [5.41, 5.74) is 0.411. The number of nitrogens with one attached hydrogen (secondary N) is 1. The summed E-state index contributed by atoms with van der Waals surface area (Å²) < 4.78 is 30.5. The Balaban J connectivity index is 1.39. The lowest BCUT2D eigenvalue weighted by atomic mass is 9.43. The Kier molecular flexibility index (Phi) is 7.47. The van der Waals surface area contributed by atoms with Crippen LogP contribution in [0.3, 0.4) is 0 Å². The van der Waals surface area contributed by atoms with Crippen molar-refractivity contribution in [2.45, 2.75) is 97.2 Å². The van der Waals surface area contributed by atoms with E-state index in [1.807, 2.05) is 0 Å². The second kappa shape index (κ2) is 9.64. The van der Waals surface area contributed by atoms with E-state index in [2.05, 4.69) is 26.1 Å². The highest BCUT2D eigenvalue weighted by atomic mass is 32.2. The first-order valence-electron chi connectivity index (χ1n) is 13.4. The summed E-state index contributed by atoms with van der Waals surface area (Å²) in [7, 11) is -4.06. The highest BCUT2D eigenvalue weighted by molar-refractivity contribution is 7.85. The van der Waals surface area contributed by atoms with Gasteiger partial charge in [-0.15, -0.1) is 0 Å². The minimum absolute atomic E-state index is 0.0625. The second-order valence-electron chi connectivity index (χ2n) is 12.6. The van der Waals surface area contributed by atoms with Crippen molar-refractivity contribution in [1.29, 1.82) is 0 Å². The van der Waals surface area contributed by atoms with Crippen LogP contribution in [-0.4, -0.2) is 53.6 Å². The third-order valence-electron chi connectivity index (χ3n) is 10.9. The van der Waals surface area contributed by atoms with Crippen molar-refractivity contribution in [3.63, 3.8) is 0 Å². The molecule has 1 unspecified atom stereocenters. The van der Waals surface area contributed by atoms with Gasteiger partial charge in [-0.25, -0.2) is 0 Å². The Morgan fingerprint density at radius 3 is 2.41 bits per heavy atom. The van der Waals surface area contributed by atoms with Crippen LogP contribution in [0.15, 0.2) is 0 Å². The number of amides is 1. The fourth-order valence-corrected chi connectivity index (χ4v) is 9.50. The van der Waals surface area contributed by atoms with Crippen LogP contribution in [0.25, 0.3) is 0 Å². The number of hydrogen-bond donors (Lipinski definition) is 4. The summed E-state index contributed by atoms with van der Waals surface area (Å²) in [6, 6.07) is 0. The van der Waals surface area contributed by atoms with E-state index in [0.717, 1.165) is 51.4 Å². The quantitative estimate of drug-likeness (QED) is 0.398. The van der Waals surface area contributed by atoms with Crippen LogP contribution in [0.1, 0.15) is 85.0 Å². The lowest BCUT2D eigenvalue weighted by Gasteiger charge is -2.62. The van der Waals surface area contributed by atoms with E-state index in [1.54, 1.807) is 0 Å². The van der Waals surface area contributed by atoms with Gasteiger partial charge in [0.15, 0.2) is 0 Å². The van der Waals surface area contributed by atoms with Gasteiger partial charge in [-0.1, -0.05) is 20.8 Å². The Bertz CT molecular complexity index is 863. The number of rotatable bonds is 7. The standard InChI is InChI=1S/C26H45NO6S/c1-16(4-7-23(30)27-12-13-34(31,32)33)19-5-6-20-24-21(9-11-26(19,20)3)25(2)10-8-18(28)14-17(25)15-22(24)29/h16-22,24,28-29H,4-15H2,1-3H3,(H,27,30)(H,31,32,33)/t16-,17?,18+,19-,20+,21+,22+,24+,25+,26-/m1/s1. The Morgan fingerprint density at radius 1 is 1.03 bits per heavy atom. The molecule has 0 aliphatic heterocycles. The van der Waals surface area contributed by atoms with Crippen LogP contribution in [0.2, 0.25) is 0 Å². The Labute approximate surface area is 205 Å². The van der Waals surface area contributed by atoms with Crippen molar-refractivity contribution in [3.8, 4) is 0 Å². The van der Waals surface area contributed by atoms with Gasteiger partial charge in [0.2, 0.25) is 5.91 Å². The third-order valence-corrected chi connectivity index (χ3v) is 11.6. The molecule has 0 heterocycles. The summed E-state index contributed by atoms with van der Waals surface area (Å²) in [4.78, 5) is 12.2. The van der Waals surface area contributed by atoms with E-state index in [1.165, 1.54) is 6.42 Å². The largest absolute Gasteiger partial charge is 0.393 e. The smallest absolute Gasteiger partial charge is 0.266 e. The first-order chi connectivity index (χ1) is 15.8. The fraction of sp³-hybridized carbons (Fsp3) is 0.962. The first-order valence-corrected chi connectivity index (χ1v) is 15.0. The summed E-state index contributed by atoms with van der Waals surface area (Å²) in [6.07, 6.45) is 8.87. The van der Waals surface area contributed by atoms with E-state index in [-0.39, 0.29) is 35.5 Å². The number of aliphatic hydroxyl groups is 2. The molecular formula is C26H45NO6S. The van der Waals surface area contributed by atoms with Crippen molar-refractivity contribution in [3.05, 3.63) is 0 Å². The van der Waals surface area contributed by atoms with Gasteiger partial charge in [0.05, 0.1) is 18.0 Å². The highest BCUT2D eigenvalue weighted by Gasteiger charge is 2.62. The number of aliphatic hydroxyl groups excluding tert-OH is 2. The molecule has 0 radical (unpaired) electrons. The maximum Gasteiger partial charge on any atom is 0.266 e. The zero-order valence-electron chi connectivity index (χ0n) is 21.1. The Hall–Kier alpha value is -0.700. The molecule has 196 valence electrons. The van der Waals surface area contributed by atoms with Crippen molar-refractivity contribution in [2.24, 2.45) is 46.3 Å². The second-order valence-corrected chi connectivity index (χ2v) is 14.2. The molecule has 1 amide bonds. The van der Waals surface area contributed by atoms with Gasteiger partial charge in [-0.05, 0) is 104 Å². The molecule has 8 heteroatoms. The minimum Gasteiger partial charge on any atom is -0.393 e. The first kappa shape index (κ1) is 26.4. The molecule has 7 nitrogen and oxygen atoms in total. The maximum absolute atomic E-state index is 12.2. The minimum atomic E-state index is -4.06. The zero-order valence-corrected chi connectivity index (χ0v) is 21.9. The molecule has 10 atom stereocenters. The molecule has 4 aliphatic rings. The third kappa shape index (κ3) is 4.94. The summed E-state index contributed by atoms with van der Waals surface area (Å²) in [5, 5.41) is 24.2. The SMILES string of the molecule is C[C@H](CCC(=O)NCCS(=O)(=O)O)[C@H]1CC[C@H]2[C@@H]3[C@@H](O)CC4C[C@@H](O)CC[C@]4(C)[C@H]3CC[C@]12C. The molecule has 4 rings (SSSR count). The molecule has 0 aromatic carbocycles. The average Bonchev–Trinajstić information content (AvgIpc) is 3.09. The number of carbonyl (C=O) groups excluding carboxylic acids is 1. The van der Waals surface area contributed by atoms with E-state index >= 15 is 0 Å². The van der Waals surface area contributed by atoms with Gasteiger partial charge in [-0.2, -0.15) is 8.42 Å². The average molecular weight is 500 g/mol. The van der Waals surface area contributed by atoms with E-state index < -0.39 is 15.9 Å². The van der Waals surface area contributed by atoms with Gasteiger partial charge in [0.1, 0.15) is 0 Å². The lowest BCUT2D eigenvalue weighted by molar-refractivity contribution is -0.174. The van der Waals surface area contributed by atoms with Gasteiger partial charge >= 0.3 is 0 Å². The van der Waals surface area contributed by atoms with Gasteiger partial charge in [-0.3, -0.25) is 9.35 Å². The Morgan fingerprint density at radius 2 is 1.71 bits per heavy atom. The molecule has 4 fully saturated rings. The molecule has 4 N–H and O–H groups in total. The van der Waals surface area contributed by atoms with Crippen LogP contribution < -0.4 is 5.32 Å². The number of hydrogen-bond acceptors (Lipinski definition) is 5. The molecule has 4 aliphatic carbocycles. The van der Waals surface area contributed by atoms with Gasteiger partial charge in [0, 0.05) is 13.0 Å². The summed E-state index contributed by atoms with van der Waals surface area (Å²) >= 11 is 0. The lowest BCUT2D eigenvalue weighted by Crippen LogP contribution is -2.58. The molecule has 0 spiro atoms. The predicted octanol–water partition coefficient (Wildman–Crippen LogP) is 3.40. The van der Waals surface area contributed by atoms with Gasteiger partial charge < -0.3 is 15.5 Å². The maximum atomic E-state index is 12.2. The van der Waals surface area contributed by atoms with Crippen LogP contribution in [-0.2, 0) is 14.9 Å². The fourth-order valence-electron chi connectivity index (χ4n) is 9.14. The van der Waals surface area contributed by atoms with Crippen LogP contribution >= 0.6 is 0 Å². The zero-order chi connectivity index (χ0) is 24.9. The predicted molar refractivity (Wildman–Crippen MR) is 130 cm³/mol. The summed E-state index contributed by atoms with van der Waals surface area (Å²) in [5.74, 6) is 2.10. The van der Waals surface area contributed by atoms with Gasteiger partial charge in [0.25, 0.3) is 10.1 Å². The normalized spacial score (nSPS) is 45.1. The molecule has 0 bridgehead atoms. The number of fused-ring (bicyclic) bond motifs is 5. The monoisotopic (exact) mass is 499 g/mol. The molecule has 34 heavy (non-hydrogen) atoms. The molecule has 4 saturated carbocycles. The highest BCUT2D eigenvalue weighted by Crippen LogP contribution is 2.68.